The minimum absolute atomic E-state index is 0.0199. The summed E-state index contributed by atoms with van der Waals surface area (Å²) >= 11 is 0. The standard InChI is InChI=1S/C25H29NO6/c1-16(2)15-32-18-11-9-17(10-12-18)23(27)21-22(19-7-5-6-8-20(19)31-4)26(13-14-30-3)25(29)24(21)28/h5-12,16,22,27H,13-15H2,1-4H3/b23-21+/t22-/m1/s1. The van der Waals surface area contributed by atoms with Crippen LogP contribution in [-0.4, -0.2) is 55.7 Å². The summed E-state index contributed by atoms with van der Waals surface area (Å²) in [7, 11) is 3.05. The molecule has 1 aliphatic rings. The number of para-hydroxylation sites is 1. The highest BCUT2D eigenvalue weighted by Gasteiger charge is 2.46. The molecule has 3 rings (SSSR count). The SMILES string of the molecule is COCCN1C(=O)C(=O)/C(=C(/O)c2ccc(OCC(C)C)cc2)[C@H]1c1ccccc1OC. The summed E-state index contributed by atoms with van der Waals surface area (Å²) in [6.07, 6.45) is 0. The van der Waals surface area contributed by atoms with Crippen molar-refractivity contribution in [2.45, 2.75) is 19.9 Å². The van der Waals surface area contributed by atoms with Gasteiger partial charge in [-0.3, -0.25) is 9.59 Å². The molecular formula is C25H29NO6. The van der Waals surface area contributed by atoms with Crippen LogP contribution < -0.4 is 9.47 Å². The van der Waals surface area contributed by atoms with E-state index in [0.29, 0.717) is 35.2 Å². The van der Waals surface area contributed by atoms with Crippen LogP contribution in [0.2, 0.25) is 0 Å². The van der Waals surface area contributed by atoms with Gasteiger partial charge in [-0.15, -0.1) is 0 Å². The number of aliphatic hydroxyl groups excluding tert-OH is 1. The second kappa shape index (κ2) is 10.3. The van der Waals surface area contributed by atoms with Crippen LogP contribution in [0.3, 0.4) is 0 Å². The van der Waals surface area contributed by atoms with Gasteiger partial charge in [0.25, 0.3) is 11.7 Å². The van der Waals surface area contributed by atoms with Crippen molar-refractivity contribution < 1.29 is 28.9 Å². The van der Waals surface area contributed by atoms with Crippen molar-refractivity contribution in [2.24, 2.45) is 5.92 Å². The average molecular weight is 440 g/mol. The molecule has 2 aromatic rings. The smallest absolute Gasteiger partial charge is 0.295 e. The number of hydrogen-bond donors (Lipinski definition) is 1. The molecule has 2 aromatic carbocycles. The molecule has 0 spiro atoms. The van der Waals surface area contributed by atoms with E-state index >= 15 is 0 Å². The Kier molecular flexibility index (Phi) is 7.53. The lowest BCUT2D eigenvalue weighted by Crippen LogP contribution is -2.32. The van der Waals surface area contributed by atoms with Gasteiger partial charge in [-0.2, -0.15) is 0 Å². The van der Waals surface area contributed by atoms with E-state index in [-0.39, 0.29) is 24.5 Å². The molecule has 1 N–H and O–H groups in total. The number of hydrogen-bond acceptors (Lipinski definition) is 6. The van der Waals surface area contributed by atoms with Crippen molar-refractivity contribution in [1.29, 1.82) is 0 Å². The molecular weight excluding hydrogens is 410 g/mol. The summed E-state index contributed by atoms with van der Waals surface area (Å²) in [5.74, 6) is -0.102. The highest BCUT2D eigenvalue weighted by Crippen LogP contribution is 2.42. The van der Waals surface area contributed by atoms with Gasteiger partial charge >= 0.3 is 0 Å². The number of likely N-dealkylation sites (tertiary alicyclic amines) is 1. The lowest BCUT2D eigenvalue weighted by atomic mass is 9.94. The Balaban J connectivity index is 2.07. The zero-order valence-electron chi connectivity index (χ0n) is 18.8. The first-order valence-electron chi connectivity index (χ1n) is 10.5. The Morgan fingerprint density at radius 1 is 1.06 bits per heavy atom. The van der Waals surface area contributed by atoms with E-state index in [1.807, 2.05) is 0 Å². The van der Waals surface area contributed by atoms with Crippen LogP contribution >= 0.6 is 0 Å². The maximum Gasteiger partial charge on any atom is 0.295 e. The number of carbonyl (C=O) groups is 2. The molecule has 7 heteroatoms. The number of amides is 1. The first-order chi connectivity index (χ1) is 15.4. The van der Waals surface area contributed by atoms with Crippen molar-refractivity contribution in [3.8, 4) is 11.5 Å². The van der Waals surface area contributed by atoms with Crippen LogP contribution in [0.5, 0.6) is 11.5 Å². The molecule has 1 aliphatic heterocycles. The number of carbonyl (C=O) groups excluding carboxylic acids is 2. The minimum Gasteiger partial charge on any atom is -0.507 e. The van der Waals surface area contributed by atoms with Crippen LogP contribution in [0.15, 0.2) is 54.1 Å². The van der Waals surface area contributed by atoms with Crippen molar-refractivity contribution in [3.05, 3.63) is 65.2 Å². The highest BCUT2D eigenvalue weighted by molar-refractivity contribution is 6.46. The lowest BCUT2D eigenvalue weighted by molar-refractivity contribution is -0.140. The summed E-state index contributed by atoms with van der Waals surface area (Å²) < 4.78 is 16.3. The Hall–Kier alpha value is -3.32. The number of rotatable bonds is 9. The number of ketones is 1. The van der Waals surface area contributed by atoms with Crippen LogP contribution in [0, 0.1) is 5.92 Å². The van der Waals surface area contributed by atoms with Gasteiger partial charge in [-0.05, 0) is 36.2 Å². The van der Waals surface area contributed by atoms with Gasteiger partial charge < -0.3 is 24.2 Å². The van der Waals surface area contributed by atoms with Crippen molar-refractivity contribution in [1.82, 2.24) is 4.90 Å². The van der Waals surface area contributed by atoms with Gasteiger partial charge in [-0.1, -0.05) is 32.0 Å². The van der Waals surface area contributed by atoms with Gasteiger partial charge in [0.1, 0.15) is 17.3 Å². The highest BCUT2D eigenvalue weighted by atomic mass is 16.5. The number of benzene rings is 2. The van der Waals surface area contributed by atoms with Gasteiger partial charge in [0.15, 0.2) is 0 Å². The van der Waals surface area contributed by atoms with Gasteiger partial charge in [0.05, 0.1) is 31.9 Å². The first-order valence-corrected chi connectivity index (χ1v) is 10.5. The summed E-state index contributed by atoms with van der Waals surface area (Å²) in [4.78, 5) is 27.3. The van der Waals surface area contributed by atoms with Crippen molar-refractivity contribution in [3.63, 3.8) is 0 Å². The van der Waals surface area contributed by atoms with Crippen LogP contribution in [-0.2, 0) is 14.3 Å². The molecule has 1 heterocycles. The first kappa shape index (κ1) is 23.3. The third kappa shape index (κ3) is 4.78. The lowest BCUT2D eigenvalue weighted by Gasteiger charge is -2.26. The van der Waals surface area contributed by atoms with Crippen molar-refractivity contribution in [2.75, 3.05) is 34.0 Å². The van der Waals surface area contributed by atoms with E-state index in [0.717, 1.165) is 0 Å². The molecule has 7 nitrogen and oxygen atoms in total. The fraction of sp³-hybridized carbons (Fsp3) is 0.360. The van der Waals surface area contributed by atoms with Crippen molar-refractivity contribution >= 4 is 17.4 Å². The van der Waals surface area contributed by atoms with Crippen LogP contribution in [0.25, 0.3) is 5.76 Å². The zero-order chi connectivity index (χ0) is 23.3. The third-order valence-corrected chi connectivity index (χ3v) is 5.22. The Bertz CT molecular complexity index is 996. The molecule has 0 aromatic heterocycles. The van der Waals surface area contributed by atoms with Gasteiger partial charge in [0, 0.05) is 24.8 Å². The molecule has 0 unspecified atom stereocenters. The number of nitrogens with zero attached hydrogens (tertiary/aromatic N) is 1. The normalized spacial score (nSPS) is 17.8. The molecule has 0 aliphatic carbocycles. The fourth-order valence-corrected chi connectivity index (χ4v) is 3.64. The number of ether oxygens (including phenoxy) is 3. The zero-order valence-corrected chi connectivity index (χ0v) is 18.8. The summed E-state index contributed by atoms with van der Waals surface area (Å²) in [5.41, 5.74) is 1.06. The molecule has 0 radical (unpaired) electrons. The topological polar surface area (TPSA) is 85.3 Å². The van der Waals surface area contributed by atoms with E-state index in [2.05, 4.69) is 13.8 Å². The summed E-state index contributed by atoms with van der Waals surface area (Å²) in [6.45, 7) is 5.13. The molecule has 1 amide bonds. The summed E-state index contributed by atoms with van der Waals surface area (Å²) in [6, 6.07) is 13.2. The maximum absolute atomic E-state index is 13.0. The second-order valence-corrected chi connectivity index (χ2v) is 7.96. The number of aliphatic hydroxyl groups is 1. The average Bonchev–Trinajstić information content (AvgIpc) is 3.05. The monoisotopic (exact) mass is 439 g/mol. The Labute approximate surface area is 188 Å². The third-order valence-electron chi connectivity index (χ3n) is 5.22. The molecule has 1 atom stereocenters. The molecule has 32 heavy (non-hydrogen) atoms. The molecule has 0 bridgehead atoms. The van der Waals surface area contributed by atoms with Gasteiger partial charge in [-0.25, -0.2) is 0 Å². The maximum atomic E-state index is 13.0. The fourth-order valence-electron chi connectivity index (χ4n) is 3.64. The van der Waals surface area contributed by atoms with E-state index < -0.39 is 17.7 Å². The van der Waals surface area contributed by atoms with Gasteiger partial charge in [0.2, 0.25) is 0 Å². The number of methoxy groups -OCH3 is 2. The van der Waals surface area contributed by atoms with E-state index in [4.69, 9.17) is 14.2 Å². The summed E-state index contributed by atoms with van der Waals surface area (Å²) in [5, 5.41) is 11.1. The second-order valence-electron chi connectivity index (χ2n) is 7.96. The van der Waals surface area contributed by atoms with Crippen LogP contribution in [0.1, 0.15) is 31.0 Å². The molecule has 1 fully saturated rings. The Morgan fingerprint density at radius 3 is 2.38 bits per heavy atom. The van der Waals surface area contributed by atoms with Crippen LogP contribution in [0.4, 0.5) is 0 Å². The predicted octanol–water partition coefficient (Wildman–Crippen LogP) is 3.80. The molecule has 170 valence electrons. The molecule has 1 saturated heterocycles. The van der Waals surface area contributed by atoms with E-state index in [9.17, 15) is 14.7 Å². The quantitative estimate of drug-likeness (QED) is 0.363. The number of Topliss-reactive ketones (excluding diaryl/α,β-unsaturated/α-hetero) is 1. The predicted molar refractivity (Wildman–Crippen MR) is 121 cm³/mol. The minimum atomic E-state index is -0.793. The van der Waals surface area contributed by atoms with E-state index in [1.54, 1.807) is 48.5 Å². The molecule has 0 saturated carbocycles. The Morgan fingerprint density at radius 2 is 1.75 bits per heavy atom. The van der Waals surface area contributed by atoms with E-state index in [1.165, 1.54) is 19.1 Å². The largest absolute Gasteiger partial charge is 0.507 e.